The number of carbonyl (C=O) groups is 1. The lowest BCUT2D eigenvalue weighted by Gasteiger charge is -2.21. The van der Waals surface area contributed by atoms with E-state index >= 15 is 0 Å². The van der Waals surface area contributed by atoms with E-state index in [1.807, 2.05) is 13.8 Å². The molecule has 0 rings (SSSR count). The van der Waals surface area contributed by atoms with Crippen LogP contribution in [0.3, 0.4) is 0 Å². The molecule has 1 unspecified atom stereocenters. The molecule has 0 saturated carbocycles. The van der Waals surface area contributed by atoms with Crippen molar-refractivity contribution >= 4 is 5.91 Å². The second-order valence-electron chi connectivity index (χ2n) is 3.57. The average Bonchev–Trinajstić information content (AvgIpc) is 2.15. The third-order valence-corrected chi connectivity index (χ3v) is 2.03. The lowest BCUT2D eigenvalue weighted by Crippen LogP contribution is -2.41. The SMILES string of the molecule is CC(C)N(C)C(=O)CNCC(O)CO. The molecule has 0 radical (unpaired) electrons. The van der Waals surface area contributed by atoms with Crippen molar-refractivity contribution < 1.29 is 15.0 Å². The summed E-state index contributed by atoms with van der Waals surface area (Å²) in [4.78, 5) is 13.0. The largest absolute Gasteiger partial charge is 0.394 e. The Morgan fingerprint density at radius 2 is 2.07 bits per heavy atom. The van der Waals surface area contributed by atoms with Crippen molar-refractivity contribution in [3.63, 3.8) is 0 Å². The molecule has 0 aromatic rings. The molecule has 0 heterocycles. The Labute approximate surface area is 84.7 Å². The molecule has 84 valence electrons. The summed E-state index contributed by atoms with van der Waals surface area (Å²) in [6, 6.07) is 0.173. The van der Waals surface area contributed by atoms with E-state index < -0.39 is 6.10 Å². The third-order valence-electron chi connectivity index (χ3n) is 2.03. The number of carbonyl (C=O) groups excluding carboxylic acids is 1. The fourth-order valence-electron chi connectivity index (χ4n) is 0.823. The Kier molecular flexibility index (Phi) is 6.44. The standard InChI is InChI=1S/C9H20N2O3/c1-7(2)11(3)9(14)5-10-4-8(13)6-12/h7-8,10,12-13H,4-6H2,1-3H3. The lowest BCUT2D eigenvalue weighted by atomic mass is 10.3. The molecule has 0 aliphatic carbocycles. The van der Waals surface area contributed by atoms with Crippen LogP contribution < -0.4 is 5.32 Å². The van der Waals surface area contributed by atoms with Crippen molar-refractivity contribution in [1.29, 1.82) is 0 Å². The van der Waals surface area contributed by atoms with Gasteiger partial charge < -0.3 is 20.4 Å². The zero-order chi connectivity index (χ0) is 11.1. The van der Waals surface area contributed by atoms with Crippen LogP contribution in [0.1, 0.15) is 13.8 Å². The Morgan fingerprint density at radius 1 is 1.50 bits per heavy atom. The van der Waals surface area contributed by atoms with Gasteiger partial charge >= 0.3 is 0 Å². The van der Waals surface area contributed by atoms with Crippen molar-refractivity contribution in [3.8, 4) is 0 Å². The average molecular weight is 204 g/mol. The highest BCUT2D eigenvalue weighted by Gasteiger charge is 2.11. The topological polar surface area (TPSA) is 72.8 Å². The van der Waals surface area contributed by atoms with Gasteiger partial charge in [0.15, 0.2) is 0 Å². The number of aliphatic hydroxyl groups excluding tert-OH is 2. The first-order valence-corrected chi connectivity index (χ1v) is 4.74. The number of nitrogens with one attached hydrogen (secondary N) is 1. The predicted molar refractivity (Wildman–Crippen MR) is 53.9 cm³/mol. The normalized spacial score (nSPS) is 13.0. The fourth-order valence-corrected chi connectivity index (χ4v) is 0.823. The highest BCUT2D eigenvalue weighted by molar-refractivity contribution is 5.78. The van der Waals surface area contributed by atoms with Gasteiger partial charge in [-0.2, -0.15) is 0 Å². The first-order chi connectivity index (χ1) is 6.49. The molecular formula is C9H20N2O3. The van der Waals surface area contributed by atoms with Crippen LogP contribution in [0, 0.1) is 0 Å². The summed E-state index contributed by atoms with van der Waals surface area (Å²) in [6.07, 6.45) is -0.799. The molecule has 5 heteroatoms. The quantitative estimate of drug-likeness (QED) is 0.508. The maximum Gasteiger partial charge on any atom is 0.236 e. The molecule has 0 spiro atoms. The summed E-state index contributed by atoms with van der Waals surface area (Å²) >= 11 is 0. The molecule has 1 atom stereocenters. The zero-order valence-electron chi connectivity index (χ0n) is 9.03. The summed E-state index contributed by atoms with van der Waals surface area (Å²) in [5.74, 6) is -0.0230. The maximum atomic E-state index is 11.4. The van der Waals surface area contributed by atoms with E-state index in [1.54, 1.807) is 11.9 Å². The highest BCUT2D eigenvalue weighted by Crippen LogP contribution is 1.92. The molecule has 0 aromatic heterocycles. The molecule has 0 aliphatic heterocycles. The highest BCUT2D eigenvalue weighted by atomic mass is 16.3. The maximum absolute atomic E-state index is 11.4. The van der Waals surface area contributed by atoms with Crippen molar-refractivity contribution in [1.82, 2.24) is 10.2 Å². The lowest BCUT2D eigenvalue weighted by molar-refractivity contribution is -0.130. The van der Waals surface area contributed by atoms with Gasteiger partial charge in [-0.05, 0) is 13.8 Å². The van der Waals surface area contributed by atoms with Gasteiger partial charge in [0, 0.05) is 19.6 Å². The first kappa shape index (κ1) is 13.4. The van der Waals surface area contributed by atoms with E-state index in [-0.39, 0.29) is 31.6 Å². The van der Waals surface area contributed by atoms with Gasteiger partial charge in [-0.1, -0.05) is 0 Å². The summed E-state index contributed by atoms with van der Waals surface area (Å²) in [5, 5.41) is 20.3. The van der Waals surface area contributed by atoms with Crippen LogP contribution in [-0.4, -0.2) is 59.9 Å². The van der Waals surface area contributed by atoms with Crippen LogP contribution >= 0.6 is 0 Å². The minimum atomic E-state index is -0.799. The third kappa shape index (κ3) is 5.16. The number of amides is 1. The molecule has 3 N–H and O–H groups in total. The van der Waals surface area contributed by atoms with Crippen LogP contribution in [-0.2, 0) is 4.79 Å². The van der Waals surface area contributed by atoms with Gasteiger partial charge in [0.1, 0.15) is 0 Å². The van der Waals surface area contributed by atoms with Gasteiger partial charge in [0.2, 0.25) is 5.91 Å². The van der Waals surface area contributed by atoms with Crippen LogP contribution in [0.5, 0.6) is 0 Å². The summed E-state index contributed by atoms with van der Waals surface area (Å²) < 4.78 is 0. The van der Waals surface area contributed by atoms with E-state index in [9.17, 15) is 4.79 Å². The molecular weight excluding hydrogens is 184 g/mol. The number of aliphatic hydroxyl groups is 2. The van der Waals surface area contributed by atoms with E-state index in [2.05, 4.69) is 5.32 Å². The Hall–Kier alpha value is -0.650. The molecule has 0 saturated heterocycles. The van der Waals surface area contributed by atoms with Gasteiger partial charge in [-0.3, -0.25) is 4.79 Å². The van der Waals surface area contributed by atoms with Gasteiger partial charge in [0.05, 0.1) is 19.3 Å². The number of rotatable bonds is 6. The summed E-state index contributed by atoms with van der Waals surface area (Å²) in [5.41, 5.74) is 0. The molecule has 14 heavy (non-hydrogen) atoms. The van der Waals surface area contributed by atoms with Crippen molar-refractivity contribution in [2.24, 2.45) is 0 Å². The molecule has 5 nitrogen and oxygen atoms in total. The smallest absolute Gasteiger partial charge is 0.236 e. The second-order valence-corrected chi connectivity index (χ2v) is 3.57. The van der Waals surface area contributed by atoms with Crippen LogP contribution in [0.25, 0.3) is 0 Å². The Morgan fingerprint density at radius 3 is 2.50 bits per heavy atom. The molecule has 0 bridgehead atoms. The molecule has 0 aromatic carbocycles. The summed E-state index contributed by atoms with van der Waals surface area (Å²) in [7, 11) is 1.73. The monoisotopic (exact) mass is 204 g/mol. The van der Waals surface area contributed by atoms with Crippen molar-refractivity contribution in [2.45, 2.75) is 26.0 Å². The molecule has 0 aliphatic rings. The van der Waals surface area contributed by atoms with E-state index in [0.717, 1.165) is 0 Å². The molecule has 1 amide bonds. The second kappa shape index (κ2) is 6.75. The predicted octanol–water partition coefficient (Wildman–Crippen LogP) is -1.20. The Balaban J connectivity index is 3.64. The van der Waals surface area contributed by atoms with Gasteiger partial charge in [-0.25, -0.2) is 0 Å². The van der Waals surface area contributed by atoms with Gasteiger partial charge in [-0.15, -0.1) is 0 Å². The minimum Gasteiger partial charge on any atom is -0.394 e. The van der Waals surface area contributed by atoms with E-state index in [4.69, 9.17) is 10.2 Å². The number of nitrogens with zero attached hydrogens (tertiary/aromatic N) is 1. The van der Waals surface area contributed by atoms with E-state index in [0.29, 0.717) is 0 Å². The van der Waals surface area contributed by atoms with Crippen LogP contribution in [0.4, 0.5) is 0 Å². The first-order valence-electron chi connectivity index (χ1n) is 4.74. The minimum absolute atomic E-state index is 0.0230. The Bertz CT molecular complexity index is 173. The zero-order valence-corrected chi connectivity index (χ0v) is 9.03. The number of hydrogen-bond donors (Lipinski definition) is 3. The number of hydrogen-bond acceptors (Lipinski definition) is 4. The van der Waals surface area contributed by atoms with Crippen molar-refractivity contribution in [2.75, 3.05) is 26.7 Å². The van der Waals surface area contributed by atoms with E-state index in [1.165, 1.54) is 0 Å². The van der Waals surface area contributed by atoms with Crippen LogP contribution in [0.2, 0.25) is 0 Å². The number of likely N-dealkylation sites (N-methyl/N-ethyl adjacent to an activating group) is 1. The van der Waals surface area contributed by atoms with Crippen LogP contribution in [0.15, 0.2) is 0 Å². The summed E-state index contributed by atoms with van der Waals surface area (Å²) in [6.45, 7) is 3.99. The molecule has 0 fully saturated rings. The fraction of sp³-hybridized carbons (Fsp3) is 0.889. The van der Waals surface area contributed by atoms with Gasteiger partial charge in [0.25, 0.3) is 0 Å². The van der Waals surface area contributed by atoms with Crippen molar-refractivity contribution in [3.05, 3.63) is 0 Å².